The number of aromatic nitrogens is 2. The Kier molecular flexibility index (Phi) is 7.36. The fourth-order valence-electron chi connectivity index (χ4n) is 2.52. The number of rotatable bonds is 4. The zero-order valence-corrected chi connectivity index (χ0v) is 17.7. The van der Waals surface area contributed by atoms with Crippen LogP contribution >= 0.6 is 22.9 Å². The van der Waals surface area contributed by atoms with E-state index in [1.165, 1.54) is 11.3 Å². The van der Waals surface area contributed by atoms with Gasteiger partial charge >= 0.3 is 11.5 Å². The van der Waals surface area contributed by atoms with E-state index in [1.54, 1.807) is 43.8 Å². The number of nitrogens with zero attached hydrogens (tertiary/aromatic N) is 2. The fourth-order valence-corrected chi connectivity index (χ4v) is 3.50. The van der Waals surface area contributed by atoms with Crippen molar-refractivity contribution in [3.8, 4) is 22.6 Å². The fraction of sp³-hybridized carbons (Fsp3) is 0.0476. The molecule has 2 heterocycles. The number of benzene rings is 2. The Bertz CT molecular complexity index is 1200. The summed E-state index contributed by atoms with van der Waals surface area (Å²) in [4.78, 5) is 29.1. The molecule has 4 aromatic rings. The summed E-state index contributed by atoms with van der Waals surface area (Å²) in [6.45, 7) is 0. The first-order valence-electron chi connectivity index (χ1n) is 8.77. The van der Waals surface area contributed by atoms with Crippen LogP contribution in [0.1, 0.15) is 0 Å². The number of methoxy groups -OCH3 is 1. The molecule has 10 heteroatoms. The van der Waals surface area contributed by atoms with Crippen LogP contribution in [0.5, 0.6) is 11.5 Å². The van der Waals surface area contributed by atoms with E-state index in [9.17, 15) is 9.59 Å². The molecule has 0 saturated heterocycles. The summed E-state index contributed by atoms with van der Waals surface area (Å²) in [6.07, 6.45) is 2.27. The average molecular weight is 458 g/mol. The third-order valence-electron chi connectivity index (χ3n) is 3.83. The van der Waals surface area contributed by atoms with Gasteiger partial charge in [-0.05, 0) is 35.9 Å². The lowest BCUT2D eigenvalue weighted by molar-refractivity contribution is 0.209. The van der Waals surface area contributed by atoms with Gasteiger partial charge in [-0.15, -0.1) is 0 Å². The van der Waals surface area contributed by atoms with Crippen molar-refractivity contribution < 1.29 is 24.2 Å². The maximum atomic E-state index is 10.6. The van der Waals surface area contributed by atoms with Gasteiger partial charge in [0.1, 0.15) is 11.5 Å². The van der Waals surface area contributed by atoms with E-state index in [2.05, 4.69) is 20.0 Å². The first-order chi connectivity index (χ1) is 14.9. The Morgan fingerprint density at radius 1 is 1.03 bits per heavy atom. The van der Waals surface area contributed by atoms with Crippen molar-refractivity contribution >= 4 is 49.8 Å². The average Bonchev–Trinajstić information content (AvgIpc) is 3.15. The number of thiazole rings is 1. The van der Waals surface area contributed by atoms with E-state index in [-0.39, 0.29) is 0 Å². The number of anilines is 1. The van der Waals surface area contributed by atoms with Crippen LogP contribution in [0.3, 0.4) is 0 Å². The van der Waals surface area contributed by atoms with Crippen LogP contribution in [0.4, 0.5) is 14.7 Å². The number of amides is 1. The highest BCUT2D eigenvalue weighted by molar-refractivity contribution is 7.22. The number of para-hydroxylation sites is 1. The van der Waals surface area contributed by atoms with Gasteiger partial charge in [0, 0.05) is 23.4 Å². The van der Waals surface area contributed by atoms with Crippen LogP contribution in [0.25, 0.3) is 21.3 Å². The highest BCUT2D eigenvalue weighted by Gasteiger charge is 2.08. The molecule has 0 radical (unpaired) electrons. The van der Waals surface area contributed by atoms with Crippen molar-refractivity contribution in [1.82, 2.24) is 9.97 Å². The second-order valence-electron chi connectivity index (χ2n) is 5.90. The predicted molar refractivity (Wildman–Crippen MR) is 119 cm³/mol. The van der Waals surface area contributed by atoms with Gasteiger partial charge in [0.05, 0.1) is 23.5 Å². The number of carbonyl (C=O) groups excluding carboxylic acids is 1. The number of halogens is 1. The Balaban J connectivity index is 0.000000229. The summed E-state index contributed by atoms with van der Waals surface area (Å²) >= 11 is 6.24. The zero-order valence-electron chi connectivity index (χ0n) is 16.1. The quantitative estimate of drug-likeness (QED) is 0.368. The zero-order chi connectivity index (χ0) is 22.2. The second kappa shape index (κ2) is 10.4. The van der Waals surface area contributed by atoms with Crippen molar-refractivity contribution in [3.63, 3.8) is 0 Å². The van der Waals surface area contributed by atoms with Crippen LogP contribution < -0.4 is 14.8 Å². The molecule has 2 aromatic carbocycles. The standard InChI is InChI=1S/C14H11N3O3S.C7H5ClO2/c1-20-10-4-9(6-15-7-10)8-2-3-11-12(5-8)21-13(16-11)17-14(18)19;8-7(9)10-6-4-2-1-3-5-6/h2-7H,1H3,(H,16,17)(H,18,19);1-5H. The van der Waals surface area contributed by atoms with Crippen molar-refractivity contribution in [1.29, 1.82) is 0 Å². The molecule has 0 aliphatic heterocycles. The molecule has 4 rings (SSSR count). The molecule has 2 N–H and O–H groups in total. The van der Waals surface area contributed by atoms with E-state index in [0.717, 1.165) is 21.3 Å². The third-order valence-corrected chi connectivity index (χ3v) is 4.84. The smallest absolute Gasteiger partial charge is 0.410 e. The van der Waals surface area contributed by atoms with Gasteiger partial charge in [0.2, 0.25) is 0 Å². The minimum atomic E-state index is -1.12. The SMILES string of the molecule is COc1cncc(-c2ccc3nc(NC(=O)O)sc3c2)c1.O=C(Cl)Oc1ccccc1. The largest absolute Gasteiger partial charge is 0.495 e. The maximum absolute atomic E-state index is 10.6. The molecular formula is C21H16ClN3O5S. The molecule has 0 aliphatic rings. The second-order valence-corrected chi connectivity index (χ2v) is 7.24. The van der Waals surface area contributed by atoms with E-state index >= 15 is 0 Å². The van der Waals surface area contributed by atoms with E-state index in [0.29, 0.717) is 16.6 Å². The van der Waals surface area contributed by atoms with Crippen LogP contribution in [-0.4, -0.2) is 33.7 Å². The Morgan fingerprint density at radius 2 is 1.81 bits per heavy atom. The molecule has 31 heavy (non-hydrogen) atoms. The number of pyridine rings is 1. The van der Waals surface area contributed by atoms with Gasteiger partial charge < -0.3 is 14.6 Å². The van der Waals surface area contributed by atoms with Crippen molar-refractivity contribution in [2.45, 2.75) is 0 Å². The number of hydrogen-bond acceptors (Lipinski definition) is 7. The Morgan fingerprint density at radius 3 is 2.48 bits per heavy atom. The Hall–Kier alpha value is -3.69. The number of nitrogens with one attached hydrogen (secondary N) is 1. The number of hydrogen-bond donors (Lipinski definition) is 2. The van der Waals surface area contributed by atoms with Crippen LogP contribution in [0.2, 0.25) is 0 Å². The monoisotopic (exact) mass is 457 g/mol. The Labute approximate surface area is 186 Å². The van der Waals surface area contributed by atoms with E-state index in [1.807, 2.05) is 30.3 Å². The molecule has 0 atom stereocenters. The van der Waals surface area contributed by atoms with Gasteiger partial charge in [0.25, 0.3) is 0 Å². The van der Waals surface area contributed by atoms with E-state index in [4.69, 9.17) is 21.4 Å². The number of ether oxygens (including phenoxy) is 2. The molecule has 0 saturated carbocycles. The lowest BCUT2D eigenvalue weighted by Crippen LogP contribution is -2.06. The normalized spacial score (nSPS) is 10.0. The van der Waals surface area contributed by atoms with Gasteiger partial charge in [-0.3, -0.25) is 10.3 Å². The molecule has 158 valence electrons. The third kappa shape index (κ3) is 6.39. The van der Waals surface area contributed by atoms with Crippen LogP contribution in [-0.2, 0) is 0 Å². The van der Waals surface area contributed by atoms with Crippen molar-refractivity contribution in [2.75, 3.05) is 12.4 Å². The molecule has 0 bridgehead atoms. The first-order valence-corrected chi connectivity index (χ1v) is 9.96. The summed E-state index contributed by atoms with van der Waals surface area (Å²) in [5.41, 5.74) is 1.84. The molecule has 0 unspecified atom stereocenters. The topological polar surface area (TPSA) is 111 Å². The van der Waals surface area contributed by atoms with Crippen LogP contribution in [0.15, 0.2) is 67.0 Å². The summed E-state index contributed by atoms with van der Waals surface area (Å²) in [5.74, 6) is 1.15. The molecule has 0 aliphatic carbocycles. The predicted octanol–water partition coefficient (Wildman–Crippen LogP) is 5.88. The lowest BCUT2D eigenvalue weighted by atomic mass is 10.1. The van der Waals surface area contributed by atoms with E-state index < -0.39 is 11.5 Å². The highest BCUT2D eigenvalue weighted by atomic mass is 35.5. The number of fused-ring (bicyclic) bond motifs is 1. The van der Waals surface area contributed by atoms with Gasteiger partial charge in [-0.25, -0.2) is 14.6 Å². The first kappa shape index (κ1) is 22.0. The summed E-state index contributed by atoms with van der Waals surface area (Å²) in [5, 5.41) is 11.3. The molecule has 0 spiro atoms. The lowest BCUT2D eigenvalue weighted by Gasteiger charge is -2.03. The number of carbonyl (C=O) groups is 2. The van der Waals surface area contributed by atoms with Crippen molar-refractivity contribution in [3.05, 3.63) is 67.0 Å². The van der Waals surface area contributed by atoms with Crippen molar-refractivity contribution in [2.24, 2.45) is 0 Å². The van der Waals surface area contributed by atoms with Crippen LogP contribution in [0, 0.1) is 0 Å². The van der Waals surface area contributed by atoms with Gasteiger partial charge in [-0.1, -0.05) is 35.6 Å². The summed E-state index contributed by atoms with van der Waals surface area (Å²) in [6, 6.07) is 16.3. The highest BCUT2D eigenvalue weighted by Crippen LogP contribution is 2.31. The number of carboxylic acid groups (broad SMARTS) is 1. The molecule has 0 fully saturated rings. The van der Waals surface area contributed by atoms with Gasteiger partial charge in [-0.2, -0.15) is 0 Å². The summed E-state index contributed by atoms with van der Waals surface area (Å²) < 4.78 is 10.6. The molecule has 8 nitrogen and oxygen atoms in total. The molecule has 2 aromatic heterocycles. The maximum Gasteiger partial charge on any atom is 0.410 e. The molecule has 1 amide bonds. The van der Waals surface area contributed by atoms with Gasteiger partial charge in [0.15, 0.2) is 5.13 Å². The minimum absolute atomic E-state index is 0.360. The summed E-state index contributed by atoms with van der Waals surface area (Å²) in [7, 11) is 1.59. The molecular weight excluding hydrogens is 442 g/mol. The minimum Gasteiger partial charge on any atom is -0.495 e.